The highest BCUT2D eigenvalue weighted by atomic mass is 15.3. The molecule has 2 aromatic rings. The van der Waals surface area contributed by atoms with Gasteiger partial charge < -0.3 is 10.2 Å². The predicted octanol–water partition coefficient (Wildman–Crippen LogP) is 1.64. The number of nitrogens with zero attached hydrogens (tertiary/aromatic N) is 4. The lowest BCUT2D eigenvalue weighted by molar-refractivity contribution is 0.661. The first-order valence-corrected chi connectivity index (χ1v) is 7.17. The Kier molecular flexibility index (Phi) is 3.64. The van der Waals surface area contributed by atoms with Gasteiger partial charge >= 0.3 is 0 Å². The molecule has 0 bridgehead atoms. The zero-order valence-corrected chi connectivity index (χ0v) is 11.5. The molecule has 0 spiro atoms. The number of aryl methyl sites for hydroxylation is 1. The maximum absolute atomic E-state index is 4.80. The zero-order valence-electron chi connectivity index (χ0n) is 11.5. The van der Waals surface area contributed by atoms with Gasteiger partial charge in [0.05, 0.1) is 0 Å². The lowest BCUT2D eigenvalue weighted by Crippen LogP contribution is -2.30. The quantitative estimate of drug-likeness (QED) is 0.910. The first kappa shape index (κ1) is 12.4. The third kappa shape index (κ3) is 2.42. The topological polar surface area (TPSA) is 46.0 Å². The van der Waals surface area contributed by atoms with Crippen molar-refractivity contribution in [2.45, 2.75) is 26.3 Å². The molecule has 3 rings (SSSR count). The molecule has 19 heavy (non-hydrogen) atoms. The molecule has 5 heteroatoms. The normalized spacial score (nSPS) is 16.8. The van der Waals surface area contributed by atoms with Crippen LogP contribution in [0, 0.1) is 0 Å². The van der Waals surface area contributed by atoms with Crippen LogP contribution >= 0.6 is 0 Å². The van der Waals surface area contributed by atoms with Crippen molar-refractivity contribution in [1.82, 2.24) is 19.9 Å². The molecule has 1 saturated heterocycles. The molecule has 0 unspecified atom stereocenters. The maximum Gasteiger partial charge on any atom is 0.207 e. The molecule has 1 N–H and O–H groups in total. The number of rotatable bonds is 3. The van der Waals surface area contributed by atoms with Crippen LogP contribution in [0.1, 0.15) is 19.8 Å². The van der Waals surface area contributed by atoms with Crippen LogP contribution in [-0.4, -0.2) is 40.7 Å². The Labute approximate surface area is 113 Å². The van der Waals surface area contributed by atoms with Crippen molar-refractivity contribution in [1.29, 1.82) is 0 Å². The smallest absolute Gasteiger partial charge is 0.207 e. The average Bonchev–Trinajstić information content (AvgIpc) is 2.64. The summed E-state index contributed by atoms with van der Waals surface area (Å²) in [6.45, 7) is 7.40. The molecule has 0 amide bonds. The Hall–Kier alpha value is -1.62. The van der Waals surface area contributed by atoms with E-state index in [2.05, 4.69) is 26.7 Å². The maximum atomic E-state index is 4.80. The van der Waals surface area contributed by atoms with Crippen LogP contribution in [0.15, 0.2) is 18.3 Å². The summed E-state index contributed by atoms with van der Waals surface area (Å²) in [7, 11) is 0. The first-order chi connectivity index (χ1) is 9.40. The highest BCUT2D eigenvalue weighted by molar-refractivity contribution is 5.74. The van der Waals surface area contributed by atoms with Gasteiger partial charge in [0.2, 0.25) is 5.95 Å². The summed E-state index contributed by atoms with van der Waals surface area (Å²) < 4.78 is 2.26. The number of fused-ring (bicyclic) bond motifs is 1. The third-order valence-corrected chi connectivity index (χ3v) is 3.55. The fraction of sp³-hybridized carbons (Fsp3) is 0.571. The number of pyridine rings is 1. The van der Waals surface area contributed by atoms with E-state index < -0.39 is 0 Å². The van der Waals surface area contributed by atoms with Crippen molar-refractivity contribution in [3.05, 3.63) is 18.3 Å². The van der Waals surface area contributed by atoms with Crippen molar-refractivity contribution < 1.29 is 0 Å². The summed E-state index contributed by atoms with van der Waals surface area (Å²) in [4.78, 5) is 11.7. The molecule has 3 heterocycles. The van der Waals surface area contributed by atoms with Gasteiger partial charge in [0.15, 0.2) is 5.65 Å². The monoisotopic (exact) mass is 259 g/mol. The molecular weight excluding hydrogens is 238 g/mol. The second-order valence-electron chi connectivity index (χ2n) is 5.00. The van der Waals surface area contributed by atoms with Crippen LogP contribution < -0.4 is 10.2 Å². The summed E-state index contributed by atoms with van der Waals surface area (Å²) in [5.41, 5.74) is 2.01. The molecule has 2 aromatic heterocycles. The molecule has 102 valence electrons. The third-order valence-electron chi connectivity index (χ3n) is 3.55. The van der Waals surface area contributed by atoms with Crippen LogP contribution in [0.2, 0.25) is 0 Å². The fourth-order valence-electron chi connectivity index (χ4n) is 2.66. The summed E-state index contributed by atoms with van der Waals surface area (Å²) in [5.74, 6) is 1.08. The van der Waals surface area contributed by atoms with Gasteiger partial charge in [0.25, 0.3) is 0 Å². The molecule has 5 nitrogen and oxygen atoms in total. The summed E-state index contributed by atoms with van der Waals surface area (Å²) in [6, 6.07) is 4.01. The predicted molar refractivity (Wildman–Crippen MR) is 77.5 cm³/mol. The van der Waals surface area contributed by atoms with Gasteiger partial charge in [-0.25, -0.2) is 9.97 Å². The minimum Gasteiger partial charge on any atom is -0.341 e. The number of hydrogen-bond acceptors (Lipinski definition) is 4. The van der Waals surface area contributed by atoms with Crippen LogP contribution in [0.25, 0.3) is 11.2 Å². The zero-order chi connectivity index (χ0) is 13.1. The summed E-state index contributed by atoms with van der Waals surface area (Å²) in [5, 5.41) is 3.44. The minimum atomic E-state index is 0.979. The van der Waals surface area contributed by atoms with Crippen LogP contribution in [0.4, 0.5) is 5.95 Å². The number of aromatic nitrogens is 3. The fourth-order valence-corrected chi connectivity index (χ4v) is 2.66. The van der Waals surface area contributed by atoms with E-state index >= 15 is 0 Å². The Morgan fingerprint density at radius 2 is 2.26 bits per heavy atom. The van der Waals surface area contributed by atoms with E-state index in [0.717, 1.165) is 56.3 Å². The highest BCUT2D eigenvalue weighted by Gasteiger charge is 2.18. The summed E-state index contributed by atoms with van der Waals surface area (Å²) >= 11 is 0. The van der Waals surface area contributed by atoms with Gasteiger partial charge in [-0.3, -0.25) is 4.57 Å². The molecule has 0 atom stereocenters. The Morgan fingerprint density at radius 3 is 3.16 bits per heavy atom. The Morgan fingerprint density at radius 1 is 1.32 bits per heavy atom. The average molecular weight is 259 g/mol. The van der Waals surface area contributed by atoms with Crippen molar-refractivity contribution in [2.24, 2.45) is 0 Å². The van der Waals surface area contributed by atoms with Gasteiger partial charge in [-0.2, -0.15) is 0 Å². The molecule has 0 aromatic carbocycles. The molecule has 1 aliphatic rings. The van der Waals surface area contributed by atoms with Gasteiger partial charge in [-0.15, -0.1) is 0 Å². The van der Waals surface area contributed by atoms with E-state index in [9.17, 15) is 0 Å². The van der Waals surface area contributed by atoms with Crippen molar-refractivity contribution in [3.8, 4) is 0 Å². The minimum absolute atomic E-state index is 0.979. The second kappa shape index (κ2) is 5.57. The number of imidazole rings is 1. The van der Waals surface area contributed by atoms with Crippen molar-refractivity contribution in [2.75, 3.05) is 31.1 Å². The lowest BCUT2D eigenvalue weighted by Gasteiger charge is -2.22. The number of nitrogens with one attached hydrogen (secondary N) is 1. The molecule has 0 aliphatic carbocycles. The lowest BCUT2D eigenvalue weighted by atomic mass is 10.4. The molecule has 1 fully saturated rings. The van der Waals surface area contributed by atoms with E-state index in [0.29, 0.717) is 0 Å². The van der Waals surface area contributed by atoms with Gasteiger partial charge in [0.1, 0.15) is 5.52 Å². The first-order valence-electron chi connectivity index (χ1n) is 7.17. The van der Waals surface area contributed by atoms with Crippen LogP contribution in [0.3, 0.4) is 0 Å². The SMILES string of the molecule is CCCn1c(N2CCCNCC2)nc2cccnc21. The largest absolute Gasteiger partial charge is 0.341 e. The van der Waals surface area contributed by atoms with E-state index in [1.165, 1.54) is 6.42 Å². The molecule has 0 saturated carbocycles. The molecular formula is C14H21N5. The van der Waals surface area contributed by atoms with Crippen molar-refractivity contribution >= 4 is 17.1 Å². The standard InChI is InChI=1S/C14H21N5/c1-2-9-19-13-12(5-3-7-16-13)17-14(19)18-10-4-6-15-8-11-18/h3,5,7,15H,2,4,6,8-11H2,1H3. The van der Waals surface area contributed by atoms with Gasteiger partial charge in [-0.05, 0) is 31.5 Å². The molecule has 0 radical (unpaired) electrons. The Balaban J connectivity index is 2.02. The van der Waals surface area contributed by atoms with Crippen molar-refractivity contribution in [3.63, 3.8) is 0 Å². The van der Waals surface area contributed by atoms with Gasteiger partial charge in [0, 0.05) is 32.4 Å². The number of anilines is 1. The van der Waals surface area contributed by atoms with Crippen LogP contribution in [-0.2, 0) is 6.54 Å². The second-order valence-corrected chi connectivity index (χ2v) is 5.00. The summed E-state index contributed by atoms with van der Waals surface area (Å²) in [6.07, 6.45) is 4.12. The van der Waals surface area contributed by atoms with E-state index in [-0.39, 0.29) is 0 Å². The Bertz CT molecular complexity index is 540. The van der Waals surface area contributed by atoms with E-state index in [1.54, 1.807) is 0 Å². The highest BCUT2D eigenvalue weighted by Crippen LogP contribution is 2.21. The number of hydrogen-bond donors (Lipinski definition) is 1. The van der Waals surface area contributed by atoms with Gasteiger partial charge in [-0.1, -0.05) is 6.92 Å². The van der Waals surface area contributed by atoms with E-state index in [1.807, 2.05) is 18.3 Å². The van der Waals surface area contributed by atoms with E-state index in [4.69, 9.17) is 4.98 Å². The molecule has 1 aliphatic heterocycles. The van der Waals surface area contributed by atoms with Crippen LogP contribution in [0.5, 0.6) is 0 Å².